The van der Waals surface area contributed by atoms with Gasteiger partial charge in [0.05, 0.1) is 11.8 Å². The molecule has 2 aromatic rings. The molecular weight excluding hydrogens is 329 g/mol. The van der Waals surface area contributed by atoms with E-state index in [-0.39, 0.29) is 11.7 Å². The number of amides is 1. The van der Waals surface area contributed by atoms with Crippen LogP contribution in [0, 0.1) is 5.82 Å². The number of aromatic nitrogens is 4. The number of nitrogens with zero attached hydrogens (tertiary/aromatic N) is 5. The summed E-state index contributed by atoms with van der Waals surface area (Å²) in [6.45, 7) is 0.526. The largest absolute Gasteiger partial charge is 0.335 e. The second-order valence-corrected chi connectivity index (χ2v) is 7.25. The molecule has 6 nitrogen and oxygen atoms in total. The van der Waals surface area contributed by atoms with Gasteiger partial charge in [-0.1, -0.05) is 23.9 Å². The Hall–Kier alpha value is -1.96. The highest BCUT2D eigenvalue weighted by Crippen LogP contribution is 2.36. The SMILES string of the molecule is O=C(CSc1nnnn1C1CC1)N(Cc1ccc(F)cc1)C1CC1. The van der Waals surface area contributed by atoms with Crippen LogP contribution in [0.2, 0.25) is 0 Å². The maximum Gasteiger partial charge on any atom is 0.233 e. The highest BCUT2D eigenvalue weighted by atomic mass is 32.2. The van der Waals surface area contributed by atoms with Crippen LogP contribution in [-0.4, -0.2) is 42.8 Å². The smallest absolute Gasteiger partial charge is 0.233 e. The number of tetrazole rings is 1. The van der Waals surface area contributed by atoms with E-state index in [2.05, 4.69) is 15.5 Å². The Morgan fingerprint density at radius 3 is 2.67 bits per heavy atom. The molecule has 4 rings (SSSR count). The topological polar surface area (TPSA) is 63.9 Å². The minimum Gasteiger partial charge on any atom is -0.335 e. The Balaban J connectivity index is 1.38. The van der Waals surface area contributed by atoms with E-state index in [1.165, 1.54) is 23.9 Å². The van der Waals surface area contributed by atoms with Gasteiger partial charge < -0.3 is 4.90 Å². The van der Waals surface area contributed by atoms with Crippen LogP contribution in [0.1, 0.15) is 37.3 Å². The van der Waals surface area contributed by atoms with Crippen molar-refractivity contribution < 1.29 is 9.18 Å². The summed E-state index contributed by atoms with van der Waals surface area (Å²) in [5, 5.41) is 12.4. The van der Waals surface area contributed by atoms with Crippen molar-refractivity contribution in [3.8, 4) is 0 Å². The lowest BCUT2D eigenvalue weighted by molar-refractivity contribution is -0.129. The van der Waals surface area contributed by atoms with Crippen LogP contribution in [-0.2, 0) is 11.3 Å². The zero-order chi connectivity index (χ0) is 16.5. The molecule has 0 saturated heterocycles. The molecule has 1 amide bonds. The van der Waals surface area contributed by atoms with Crippen LogP contribution in [0.3, 0.4) is 0 Å². The molecular formula is C16H18FN5OS. The molecule has 1 heterocycles. The van der Waals surface area contributed by atoms with E-state index in [1.54, 1.807) is 12.1 Å². The number of halogens is 1. The molecule has 2 aliphatic rings. The fourth-order valence-corrected chi connectivity index (χ4v) is 3.46. The molecule has 0 atom stereocenters. The molecule has 2 aliphatic carbocycles. The summed E-state index contributed by atoms with van der Waals surface area (Å²) in [6.07, 6.45) is 4.28. The fraction of sp³-hybridized carbons (Fsp3) is 0.500. The van der Waals surface area contributed by atoms with Gasteiger partial charge in [-0.25, -0.2) is 9.07 Å². The van der Waals surface area contributed by atoms with Gasteiger partial charge in [0.2, 0.25) is 11.1 Å². The van der Waals surface area contributed by atoms with Crippen LogP contribution in [0.4, 0.5) is 4.39 Å². The van der Waals surface area contributed by atoms with Crippen molar-refractivity contribution in [1.29, 1.82) is 0 Å². The molecule has 126 valence electrons. The van der Waals surface area contributed by atoms with E-state index >= 15 is 0 Å². The van der Waals surface area contributed by atoms with Crippen molar-refractivity contribution in [2.24, 2.45) is 0 Å². The Morgan fingerprint density at radius 1 is 1.25 bits per heavy atom. The van der Waals surface area contributed by atoms with Crippen LogP contribution < -0.4 is 0 Å². The lowest BCUT2D eigenvalue weighted by Crippen LogP contribution is -2.34. The molecule has 0 N–H and O–H groups in total. The molecule has 8 heteroatoms. The number of carbonyl (C=O) groups is 1. The minimum absolute atomic E-state index is 0.0807. The van der Waals surface area contributed by atoms with Crippen LogP contribution >= 0.6 is 11.8 Å². The van der Waals surface area contributed by atoms with E-state index in [9.17, 15) is 9.18 Å². The van der Waals surface area contributed by atoms with Crippen LogP contribution in [0.25, 0.3) is 0 Å². The lowest BCUT2D eigenvalue weighted by atomic mass is 10.2. The average molecular weight is 347 g/mol. The van der Waals surface area contributed by atoms with E-state index in [4.69, 9.17) is 0 Å². The lowest BCUT2D eigenvalue weighted by Gasteiger charge is -2.22. The second kappa shape index (κ2) is 6.51. The van der Waals surface area contributed by atoms with Gasteiger partial charge >= 0.3 is 0 Å². The van der Waals surface area contributed by atoms with Crippen molar-refractivity contribution in [1.82, 2.24) is 25.1 Å². The zero-order valence-corrected chi connectivity index (χ0v) is 14.0. The molecule has 2 saturated carbocycles. The monoisotopic (exact) mass is 347 g/mol. The predicted molar refractivity (Wildman–Crippen MR) is 86.8 cm³/mol. The molecule has 0 radical (unpaired) electrons. The molecule has 1 aromatic carbocycles. The number of hydrogen-bond donors (Lipinski definition) is 0. The molecule has 0 aliphatic heterocycles. The minimum atomic E-state index is -0.259. The van der Waals surface area contributed by atoms with E-state index in [0.29, 0.717) is 29.5 Å². The Bertz CT molecular complexity index is 726. The molecule has 0 unspecified atom stereocenters. The number of thioether (sulfide) groups is 1. The number of hydrogen-bond acceptors (Lipinski definition) is 5. The summed E-state index contributed by atoms with van der Waals surface area (Å²) < 4.78 is 14.9. The maximum absolute atomic E-state index is 13.0. The molecule has 0 bridgehead atoms. The van der Waals surface area contributed by atoms with Crippen molar-refractivity contribution in [2.45, 2.75) is 49.5 Å². The zero-order valence-electron chi connectivity index (χ0n) is 13.1. The summed E-state index contributed by atoms with van der Waals surface area (Å²) in [5.74, 6) is 0.146. The van der Waals surface area contributed by atoms with Gasteiger partial charge in [-0.3, -0.25) is 4.79 Å². The third-order valence-electron chi connectivity index (χ3n) is 4.25. The van der Waals surface area contributed by atoms with Crippen molar-refractivity contribution in [3.63, 3.8) is 0 Å². The van der Waals surface area contributed by atoms with Crippen molar-refractivity contribution in [3.05, 3.63) is 35.6 Å². The quantitative estimate of drug-likeness (QED) is 0.720. The van der Waals surface area contributed by atoms with Crippen LogP contribution in [0.15, 0.2) is 29.4 Å². The molecule has 24 heavy (non-hydrogen) atoms. The van der Waals surface area contributed by atoms with E-state index < -0.39 is 0 Å². The average Bonchev–Trinajstić information content (AvgIpc) is 3.51. The standard InChI is InChI=1S/C16H18FN5OS/c17-12-3-1-11(2-4-12)9-21(13-5-6-13)15(23)10-24-16-18-19-20-22(16)14-7-8-14/h1-4,13-14H,5-10H2. The summed E-state index contributed by atoms with van der Waals surface area (Å²) in [7, 11) is 0. The summed E-state index contributed by atoms with van der Waals surface area (Å²) >= 11 is 1.39. The first-order valence-electron chi connectivity index (χ1n) is 8.15. The Morgan fingerprint density at radius 2 is 2.00 bits per heavy atom. The van der Waals surface area contributed by atoms with E-state index in [0.717, 1.165) is 31.2 Å². The highest BCUT2D eigenvalue weighted by Gasteiger charge is 2.33. The highest BCUT2D eigenvalue weighted by molar-refractivity contribution is 7.99. The Kier molecular flexibility index (Phi) is 4.22. The summed E-state index contributed by atoms with van der Waals surface area (Å²) in [4.78, 5) is 14.5. The second-order valence-electron chi connectivity index (χ2n) is 6.31. The number of carbonyl (C=O) groups excluding carboxylic acids is 1. The molecule has 0 spiro atoms. The van der Waals surface area contributed by atoms with Gasteiger partial charge in [0, 0.05) is 12.6 Å². The van der Waals surface area contributed by atoms with Gasteiger partial charge in [-0.2, -0.15) is 0 Å². The van der Waals surface area contributed by atoms with Crippen molar-refractivity contribution in [2.75, 3.05) is 5.75 Å². The first-order chi connectivity index (χ1) is 11.7. The van der Waals surface area contributed by atoms with Crippen molar-refractivity contribution >= 4 is 17.7 Å². The van der Waals surface area contributed by atoms with E-state index in [1.807, 2.05) is 9.58 Å². The third kappa shape index (κ3) is 3.58. The maximum atomic E-state index is 13.0. The normalized spacial score (nSPS) is 17.0. The Labute approximate surface area is 143 Å². The molecule has 1 aromatic heterocycles. The van der Waals surface area contributed by atoms with Gasteiger partial charge in [-0.15, -0.1) is 5.10 Å². The summed E-state index contributed by atoms with van der Waals surface area (Å²) in [6, 6.07) is 7.05. The number of rotatable bonds is 7. The summed E-state index contributed by atoms with van der Waals surface area (Å²) in [5.41, 5.74) is 0.949. The first-order valence-corrected chi connectivity index (χ1v) is 9.14. The third-order valence-corrected chi connectivity index (χ3v) is 5.17. The van der Waals surface area contributed by atoms with Gasteiger partial charge in [0.1, 0.15) is 5.82 Å². The van der Waals surface area contributed by atoms with Gasteiger partial charge in [-0.05, 0) is 53.8 Å². The first kappa shape index (κ1) is 15.6. The van der Waals surface area contributed by atoms with Gasteiger partial charge in [0.15, 0.2) is 0 Å². The predicted octanol–water partition coefficient (Wildman–Crippen LogP) is 2.43. The van der Waals surface area contributed by atoms with Gasteiger partial charge in [0.25, 0.3) is 0 Å². The van der Waals surface area contributed by atoms with Crippen LogP contribution in [0.5, 0.6) is 0 Å². The molecule has 2 fully saturated rings. The number of benzene rings is 1. The fourth-order valence-electron chi connectivity index (χ4n) is 2.63.